The van der Waals surface area contributed by atoms with E-state index in [4.69, 9.17) is 10.5 Å². The van der Waals surface area contributed by atoms with Crippen molar-refractivity contribution in [3.63, 3.8) is 0 Å². The molecule has 0 bridgehead atoms. The minimum Gasteiger partial charge on any atom is -0.507 e. The minimum absolute atomic E-state index is 0.0280. The van der Waals surface area contributed by atoms with Gasteiger partial charge in [-0.25, -0.2) is 10.9 Å². The number of nitriles is 2. The summed E-state index contributed by atoms with van der Waals surface area (Å²) >= 11 is 0. The van der Waals surface area contributed by atoms with Crippen LogP contribution in [0, 0.1) is 36.5 Å². The Morgan fingerprint density at radius 2 is 1.00 bits per heavy atom. The Kier molecular flexibility index (Phi) is 10.4. The molecule has 0 spiro atoms. The van der Waals surface area contributed by atoms with E-state index in [-0.39, 0.29) is 44.9 Å². The van der Waals surface area contributed by atoms with Gasteiger partial charge in [0, 0.05) is 33.0 Å². The molecule has 50 heavy (non-hydrogen) atoms. The SMILES string of the molecule is Cc1cc2c(C(C)C)c(O)c(O)c(/C=N/NC(=O)CC#N)c2c(O)c1-c1c(C)cc2c(C(C)C)c(O)c(O)c(/C=N/NC(=O)CC#N)c2c1O. The summed E-state index contributed by atoms with van der Waals surface area (Å²) < 4.78 is 0. The number of amides is 2. The second-order valence-corrected chi connectivity index (χ2v) is 12.3. The third-order valence-electron chi connectivity index (χ3n) is 8.23. The van der Waals surface area contributed by atoms with Crippen molar-refractivity contribution in [2.75, 3.05) is 0 Å². The molecule has 0 fully saturated rings. The van der Waals surface area contributed by atoms with E-state index < -0.39 is 59.2 Å². The fourth-order valence-electron chi connectivity index (χ4n) is 6.18. The number of phenolic OH excluding ortho intramolecular Hbond substituents is 6. The molecule has 0 aliphatic carbocycles. The summed E-state index contributed by atoms with van der Waals surface area (Å²) in [5.74, 6) is -5.19. The topological polar surface area (TPSA) is 252 Å². The highest BCUT2D eigenvalue weighted by molar-refractivity contribution is 6.15. The number of aromatic hydroxyl groups is 6. The predicted molar refractivity (Wildman–Crippen MR) is 186 cm³/mol. The molecule has 0 heterocycles. The molecule has 0 atom stereocenters. The molecule has 14 nitrogen and oxygen atoms in total. The molecule has 0 radical (unpaired) electrons. The number of phenols is 6. The lowest BCUT2D eigenvalue weighted by atomic mass is 9.83. The van der Waals surface area contributed by atoms with Crippen LogP contribution in [0.3, 0.4) is 0 Å². The van der Waals surface area contributed by atoms with Crippen LogP contribution in [0.5, 0.6) is 34.5 Å². The average Bonchev–Trinajstić information content (AvgIpc) is 3.02. The van der Waals surface area contributed by atoms with E-state index in [0.717, 1.165) is 12.4 Å². The van der Waals surface area contributed by atoms with Gasteiger partial charge in [-0.05, 0) is 47.6 Å². The minimum atomic E-state index is -0.730. The van der Waals surface area contributed by atoms with Crippen molar-refractivity contribution in [1.29, 1.82) is 10.5 Å². The number of hydrazone groups is 2. The molecule has 0 aliphatic rings. The smallest absolute Gasteiger partial charge is 0.254 e. The van der Waals surface area contributed by atoms with E-state index in [2.05, 4.69) is 21.1 Å². The number of benzene rings is 4. The van der Waals surface area contributed by atoms with Gasteiger partial charge in [-0.1, -0.05) is 39.8 Å². The molecule has 258 valence electrons. The fourth-order valence-corrected chi connectivity index (χ4v) is 6.18. The normalized spacial score (nSPS) is 11.6. The van der Waals surface area contributed by atoms with Crippen LogP contribution in [0.2, 0.25) is 0 Å². The molecule has 0 saturated carbocycles. The lowest BCUT2D eigenvalue weighted by molar-refractivity contribution is -0.120. The van der Waals surface area contributed by atoms with Gasteiger partial charge in [-0.15, -0.1) is 0 Å². The Bertz CT molecular complexity index is 2070. The van der Waals surface area contributed by atoms with Gasteiger partial charge in [0.2, 0.25) is 0 Å². The van der Waals surface area contributed by atoms with E-state index in [1.807, 2.05) is 0 Å². The van der Waals surface area contributed by atoms with Crippen LogP contribution >= 0.6 is 0 Å². The van der Waals surface area contributed by atoms with Crippen LogP contribution in [0.25, 0.3) is 32.7 Å². The molecule has 4 rings (SSSR count). The molecule has 14 heteroatoms. The van der Waals surface area contributed by atoms with E-state index in [1.54, 1.807) is 65.8 Å². The number of aryl methyl sites for hydroxylation is 2. The first-order valence-electron chi connectivity index (χ1n) is 15.4. The predicted octanol–water partition coefficient (Wildman–Crippen LogP) is 5.48. The van der Waals surface area contributed by atoms with E-state index in [9.17, 15) is 40.2 Å². The molecule has 8 N–H and O–H groups in total. The number of carbonyl (C=O) groups excluding carboxylic acids is 2. The summed E-state index contributed by atoms with van der Waals surface area (Å²) in [7, 11) is 0. The number of carbonyl (C=O) groups is 2. The summed E-state index contributed by atoms with van der Waals surface area (Å²) in [6, 6.07) is 6.69. The first-order valence-corrected chi connectivity index (χ1v) is 15.4. The molecular formula is C36H36N6O8. The fraction of sp³-hybridized carbons (Fsp3) is 0.278. The van der Waals surface area contributed by atoms with Crippen molar-refractivity contribution in [2.45, 2.75) is 66.2 Å². The maximum atomic E-state index is 12.1. The van der Waals surface area contributed by atoms with Crippen LogP contribution in [0.1, 0.15) is 85.8 Å². The Morgan fingerprint density at radius 1 is 0.660 bits per heavy atom. The summed E-state index contributed by atoms with van der Waals surface area (Å²) in [6.07, 6.45) is 1.07. The molecule has 0 aliphatic heterocycles. The second kappa shape index (κ2) is 14.3. The molecular weight excluding hydrogens is 644 g/mol. The lowest BCUT2D eigenvalue weighted by Crippen LogP contribution is -2.16. The first-order chi connectivity index (χ1) is 23.6. The van der Waals surface area contributed by atoms with Gasteiger partial charge in [0.15, 0.2) is 23.0 Å². The summed E-state index contributed by atoms with van der Waals surface area (Å²) in [6.45, 7) is 10.5. The van der Waals surface area contributed by atoms with E-state index in [1.165, 1.54) is 0 Å². The number of hydrogen-bond acceptors (Lipinski definition) is 12. The Balaban J connectivity index is 2.16. The van der Waals surface area contributed by atoms with Gasteiger partial charge in [-0.2, -0.15) is 20.7 Å². The first kappa shape index (κ1) is 36.3. The molecule has 0 aromatic heterocycles. The number of nitrogens with one attached hydrogen (secondary N) is 2. The van der Waals surface area contributed by atoms with Crippen LogP contribution in [-0.2, 0) is 9.59 Å². The number of hydrogen-bond donors (Lipinski definition) is 8. The molecule has 4 aromatic rings. The highest BCUT2D eigenvalue weighted by Crippen LogP contribution is 2.54. The van der Waals surface area contributed by atoms with Crippen molar-refractivity contribution in [1.82, 2.24) is 10.9 Å². The van der Waals surface area contributed by atoms with Gasteiger partial charge in [0.05, 0.1) is 35.7 Å². The third-order valence-corrected chi connectivity index (χ3v) is 8.23. The summed E-state index contributed by atoms with van der Waals surface area (Å²) in [5, 5.41) is 94.5. The van der Waals surface area contributed by atoms with E-state index in [0.29, 0.717) is 33.0 Å². The Labute approximate surface area is 286 Å². The summed E-state index contributed by atoms with van der Waals surface area (Å²) in [5.41, 5.74) is 5.70. The molecule has 2 amide bonds. The standard InChI is InChI=1S/C36H36N6O8/c1-15(2)25-19-11-17(5)27(33(47)29(19)21(31(45)35(25)49)13-39-41-23(43)7-9-37)28-18(6)12-20-26(16(3)4)36(50)32(46)22(30(20)34(28)48)14-40-42-24(44)8-10-38/h11-16,45-50H,7-8H2,1-6H3,(H,41,43)(H,42,44)/b39-13+,40-14+. The summed E-state index contributed by atoms with van der Waals surface area (Å²) in [4.78, 5) is 23.8. The van der Waals surface area contributed by atoms with Crippen molar-refractivity contribution < 1.29 is 40.2 Å². The highest BCUT2D eigenvalue weighted by atomic mass is 16.3. The number of fused-ring (bicyclic) bond motifs is 2. The largest absolute Gasteiger partial charge is 0.507 e. The number of nitrogens with zero attached hydrogens (tertiary/aromatic N) is 4. The lowest BCUT2D eigenvalue weighted by Gasteiger charge is -2.23. The van der Waals surface area contributed by atoms with Gasteiger partial charge in [-0.3, -0.25) is 9.59 Å². The van der Waals surface area contributed by atoms with E-state index >= 15 is 0 Å². The zero-order chi connectivity index (χ0) is 37.2. The van der Waals surface area contributed by atoms with Crippen LogP contribution in [0.4, 0.5) is 0 Å². The average molecular weight is 681 g/mol. The molecule has 0 unspecified atom stereocenters. The maximum Gasteiger partial charge on any atom is 0.254 e. The third kappa shape index (κ3) is 6.34. The van der Waals surface area contributed by atoms with Crippen LogP contribution < -0.4 is 10.9 Å². The maximum absolute atomic E-state index is 12.1. The molecule has 0 saturated heterocycles. The van der Waals surface area contributed by atoms with Gasteiger partial charge in [0.25, 0.3) is 11.8 Å². The van der Waals surface area contributed by atoms with Gasteiger partial charge >= 0.3 is 0 Å². The second-order valence-electron chi connectivity index (χ2n) is 12.3. The van der Waals surface area contributed by atoms with Crippen molar-refractivity contribution in [2.24, 2.45) is 10.2 Å². The Hall–Kier alpha value is -6.54. The van der Waals surface area contributed by atoms with Crippen molar-refractivity contribution in [3.8, 4) is 57.8 Å². The number of rotatable bonds is 9. The Morgan fingerprint density at radius 3 is 1.30 bits per heavy atom. The van der Waals surface area contributed by atoms with Gasteiger partial charge < -0.3 is 30.6 Å². The van der Waals surface area contributed by atoms with Crippen molar-refractivity contribution >= 4 is 45.8 Å². The van der Waals surface area contributed by atoms with Crippen LogP contribution in [0.15, 0.2) is 22.3 Å². The molecule has 4 aromatic carbocycles. The quantitative estimate of drug-likeness (QED) is 0.0627. The van der Waals surface area contributed by atoms with Gasteiger partial charge in [0.1, 0.15) is 24.3 Å². The highest BCUT2D eigenvalue weighted by Gasteiger charge is 2.29. The van der Waals surface area contributed by atoms with Crippen molar-refractivity contribution in [3.05, 3.63) is 45.5 Å². The van der Waals surface area contributed by atoms with Crippen LogP contribution in [-0.4, -0.2) is 54.9 Å². The zero-order valence-electron chi connectivity index (χ0n) is 28.2. The zero-order valence-corrected chi connectivity index (χ0v) is 28.2. The monoisotopic (exact) mass is 680 g/mol.